The van der Waals surface area contributed by atoms with Crippen LogP contribution in [0.3, 0.4) is 0 Å². The first-order chi connectivity index (χ1) is 32.5. The van der Waals surface area contributed by atoms with Crippen LogP contribution in [0.4, 0.5) is 0 Å². The molecule has 0 amide bonds. The molecule has 10 saturated carbocycles. The zero-order chi connectivity index (χ0) is 44.5. The highest BCUT2D eigenvalue weighted by atomic mass is 32.2. The molecule has 1 heterocycles. The second-order valence-corrected chi connectivity index (χ2v) is 29.0. The van der Waals surface area contributed by atoms with Gasteiger partial charge in [-0.25, -0.2) is 8.42 Å². The second kappa shape index (κ2) is 22.3. The average molecular weight is 931 g/mol. The first-order valence-electron chi connectivity index (χ1n) is 31.0. The molecule has 1 aliphatic heterocycles. The quantitative estimate of drug-likeness (QED) is 0.207. The van der Waals surface area contributed by atoms with Crippen molar-refractivity contribution in [3.63, 3.8) is 0 Å². The normalized spacial score (nSPS) is 41.8. The molecule has 11 aliphatic rings. The lowest BCUT2D eigenvalue weighted by Crippen LogP contribution is -2.55. The van der Waals surface area contributed by atoms with E-state index in [4.69, 9.17) is 0 Å². The van der Waals surface area contributed by atoms with Crippen molar-refractivity contribution in [3.8, 4) is 0 Å². The van der Waals surface area contributed by atoms with E-state index in [2.05, 4.69) is 14.7 Å². The highest BCUT2D eigenvalue weighted by Crippen LogP contribution is 2.55. The second-order valence-electron chi connectivity index (χ2n) is 26.5. The van der Waals surface area contributed by atoms with E-state index in [1.165, 1.54) is 225 Å². The third-order valence-electron chi connectivity index (χ3n) is 23.3. The molecule has 11 rings (SSSR count). The predicted molar refractivity (Wildman–Crippen MR) is 276 cm³/mol. The third kappa shape index (κ3) is 10.4. The Hall–Kier alpha value is -0.170. The monoisotopic (exact) mass is 930 g/mol. The molecule has 1 saturated heterocycles. The van der Waals surface area contributed by atoms with Gasteiger partial charge in [0.1, 0.15) is 0 Å². The first-order valence-corrected chi connectivity index (χ1v) is 32.7. The molecule has 5 nitrogen and oxygen atoms in total. The van der Waals surface area contributed by atoms with E-state index in [0.29, 0.717) is 0 Å². The minimum Gasteiger partial charge on any atom is -0.294 e. The summed E-state index contributed by atoms with van der Waals surface area (Å²) in [5.74, 6) is 5.50. The Labute approximate surface area is 407 Å². The number of hydrogen-bond donors (Lipinski definition) is 0. The Morgan fingerprint density at radius 2 is 0.591 bits per heavy atom. The first kappa shape index (κ1) is 48.1. The predicted octanol–water partition coefficient (Wildman–Crippen LogP) is 15.0. The van der Waals surface area contributed by atoms with Crippen LogP contribution in [-0.4, -0.2) is 88.0 Å². The van der Waals surface area contributed by atoms with Gasteiger partial charge in [0.15, 0.2) is 9.84 Å². The zero-order valence-electron chi connectivity index (χ0n) is 42.8. The van der Waals surface area contributed by atoms with Crippen molar-refractivity contribution >= 4 is 9.84 Å². The lowest BCUT2D eigenvalue weighted by atomic mass is 9.66. The van der Waals surface area contributed by atoms with Gasteiger partial charge >= 0.3 is 0 Å². The van der Waals surface area contributed by atoms with Gasteiger partial charge in [-0.05, 0) is 215 Å². The number of likely N-dealkylation sites (tertiary alicyclic amines) is 1. The smallest absolute Gasteiger partial charge is 0.156 e. The lowest BCUT2D eigenvalue weighted by Gasteiger charge is -2.51. The molecule has 66 heavy (non-hydrogen) atoms. The molecule has 6 heteroatoms. The fourth-order valence-electron chi connectivity index (χ4n) is 20.1. The van der Waals surface area contributed by atoms with Crippen molar-refractivity contribution in [2.75, 3.05) is 0 Å². The minimum absolute atomic E-state index is 0.0163. The fourth-order valence-corrected chi connectivity index (χ4v) is 22.6. The summed E-state index contributed by atoms with van der Waals surface area (Å²) in [6.07, 6.45) is 60.5. The van der Waals surface area contributed by atoms with Gasteiger partial charge < -0.3 is 0 Å². The van der Waals surface area contributed by atoms with Crippen LogP contribution in [0.15, 0.2) is 0 Å². The van der Waals surface area contributed by atoms with Gasteiger partial charge in [0.25, 0.3) is 0 Å². The Bertz CT molecular complexity index is 1480. The Morgan fingerprint density at radius 3 is 0.955 bits per heavy atom. The summed E-state index contributed by atoms with van der Waals surface area (Å²) in [6, 6.07) is 7.88. The van der Waals surface area contributed by atoms with E-state index in [1.54, 1.807) is 12.8 Å². The van der Waals surface area contributed by atoms with Gasteiger partial charge in [-0.1, -0.05) is 96.3 Å². The van der Waals surface area contributed by atoms with Crippen molar-refractivity contribution in [3.05, 3.63) is 0 Å². The third-order valence-corrected chi connectivity index (χ3v) is 26.1. The number of rotatable bonds is 11. The number of sulfone groups is 1. The summed E-state index contributed by atoms with van der Waals surface area (Å²) in [4.78, 5) is 10.0. The molecule has 0 aromatic rings. The van der Waals surface area contributed by atoms with E-state index in [0.717, 1.165) is 128 Å². The SMILES string of the molecule is O=S(=O)(C1CCCCC1)C1CCC(C2CCC(C3CCC(N4C5CCC(N(C6CCCCC6)C6CCCCC6)CC5C5CC(N(C6CCCCC6)C6CCCCC6)CCC54)CC3)CC2)CC1. The molecule has 0 bridgehead atoms. The maximum atomic E-state index is 13.6. The van der Waals surface area contributed by atoms with Gasteiger partial charge in [0.2, 0.25) is 0 Å². The number of hydrogen-bond acceptors (Lipinski definition) is 5. The van der Waals surface area contributed by atoms with Crippen molar-refractivity contribution < 1.29 is 8.42 Å². The molecule has 0 radical (unpaired) electrons. The maximum Gasteiger partial charge on any atom is 0.156 e. The van der Waals surface area contributed by atoms with Gasteiger partial charge in [0.05, 0.1) is 10.5 Å². The summed E-state index contributed by atoms with van der Waals surface area (Å²) in [6.45, 7) is 0. The average Bonchev–Trinajstić information content (AvgIpc) is 3.71. The molecule has 0 N–H and O–H groups in total. The van der Waals surface area contributed by atoms with Gasteiger partial charge in [0, 0.05) is 54.4 Å². The van der Waals surface area contributed by atoms with E-state index in [9.17, 15) is 8.42 Å². The summed E-state index contributed by atoms with van der Waals surface area (Å²) >= 11 is 0. The van der Waals surface area contributed by atoms with Crippen molar-refractivity contribution in [1.29, 1.82) is 0 Å². The van der Waals surface area contributed by atoms with E-state index in [-0.39, 0.29) is 10.5 Å². The highest BCUT2D eigenvalue weighted by molar-refractivity contribution is 7.92. The van der Waals surface area contributed by atoms with Crippen molar-refractivity contribution in [2.45, 2.75) is 341 Å². The lowest BCUT2D eigenvalue weighted by molar-refractivity contribution is -0.00956. The molecule has 0 spiro atoms. The molecule has 11 fully saturated rings. The number of fused-ring (bicyclic) bond motifs is 3. The minimum atomic E-state index is -2.92. The highest BCUT2D eigenvalue weighted by Gasteiger charge is 2.57. The molecular weight excluding hydrogens is 827 g/mol. The molecule has 0 aromatic carbocycles. The Morgan fingerprint density at radius 1 is 0.288 bits per heavy atom. The van der Waals surface area contributed by atoms with Crippen LogP contribution in [0, 0.1) is 35.5 Å². The van der Waals surface area contributed by atoms with Crippen LogP contribution >= 0.6 is 0 Å². The van der Waals surface area contributed by atoms with Crippen LogP contribution in [0.2, 0.25) is 0 Å². The van der Waals surface area contributed by atoms with Gasteiger partial charge in [-0.3, -0.25) is 14.7 Å². The van der Waals surface area contributed by atoms with Crippen molar-refractivity contribution in [2.24, 2.45) is 35.5 Å². The molecule has 6 atom stereocenters. The largest absolute Gasteiger partial charge is 0.294 e. The Kier molecular flexibility index (Phi) is 16.3. The summed E-state index contributed by atoms with van der Waals surface area (Å²) in [7, 11) is -2.92. The maximum absolute atomic E-state index is 13.6. The van der Waals surface area contributed by atoms with Crippen LogP contribution < -0.4 is 0 Å². The fraction of sp³-hybridized carbons (Fsp3) is 1.00. The molecule has 10 aliphatic carbocycles. The van der Waals surface area contributed by atoms with Crippen LogP contribution in [-0.2, 0) is 9.84 Å². The number of nitrogens with zero attached hydrogens (tertiary/aromatic N) is 3. The van der Waals surface area contributed by atoms with Crippen LogP contribution in [0.25, 0.3) is 0 Å². The van der Waals surface area contributed by atoms with E-state index in [1.807, 2.05) is 0 Å². The van der Waals surface area contributed by atoms with E-state index >= 15 is 0 Å². The van der Waals surface area contributed by atoms with E-state index < -0.39 is 9.84 Å². The topological polar surface area (TPSA) is 43.9 Å². The summed E-state index contributed by atoms with van der Waals surface area (Å²) in [5, 5.41) is -0.0392. The molecule has 376 valence electrons. The van der Waals surface area contributed by atoms with Crippen molar-refractivity contribution in [1.82, 2.24) is 14.7 Å². The summed E-state index contributed by atoms with van der Waals surface area (Å²) < 4.78 is 27.1. The molecule has 6 unspecified atom stereocenters. The Balaban J connectivity index is 0.750. The van der Waals surface area contributed by atoms with Crippen LogP contribution in [0.5, 0.6) is 0 Å². The molecule has 0 aromatic heterocycles. The van der Waals surface area contributed by atoms with Gasteiger partial charge in [-0.15, -0.1) is 0 Å². The zero-order valence-corrected chi connectivity index (χ0v) is 43.6. The van der Waals surface area contributed by atoms with Gasteiger partial charge in [-0.2, -0.15) is 0 Å². The standard InChI is InChI=1S/C60H103N3O2S/c64-66(65,55-24-14-5-15-25-55)56-38-32-47(33-39-56)45-28-26-44(27-29-45)46-30-34-52(35-31-46)63-59-40-36-53(61(48-16-6-1-7-17-48)49-18-8-2-9-19-49)42-57(59)58-43-54(37-41-60(58)63)62(50-20-10-3-11-21-50)51-22-12-4-13-23-51/h44-60H,1-43H2. The van der Waals surface area contributed by atoms with Crippen LogP contribution in [0.1, 0.15) is 276 Å². The summed E-state index contributed by atoms with van der Waals surface area (Å²) in [5.41, 5.74) is 0. The molecular formula is C60H103N3O2S.